The van der Waals surface area contributed by atoms with Gasteiger partial charge < -0.3 is 23.7 Å². The molecule has 2 aliphatic heterocycles. The Bertz CT molecular complexity index is 1430. The SMILES string of the molecule is CC1OC2(OCc3ccc(C=O)cc32)C(OCc2ccccc2)C(OCc2ccccc2)C1OCc1ccccc1. The zero-order valence-corrected chi connectivity index (χ0v) is 23.1. The number of benzene rings is 4. The normalized spacial score (nSPS) is 25.2. The lowest BCUT2D eigenvalue weighted by Crippen LogP contribution is -2.64. The third-order valence-corrected chi connectivity index (χ3v) is 7.75. The quantitative estimate of drug-likeness (QED) is 0.214. The van der Waals surface area contributed by atoms with Crippen LogP contribution < -0.4 is 0 Å². The van der Waals surface area contributed by atoms with Gasteiger partial charge in [-0.1, -0.05) is 103 Å². The summed E-state index contributed by atoms with van der Waals surface area (Å²) in [4.78, 5) is 11.8. The van der Waals surface area contributed by atoms with Crippen LogP contribution in [0.3, 0.4) is 0 Å². The molecule has 0 radical (unpaired) electrons. The monoisotopic (exact) mass is 550 g/mol. The number of carbonyl (C=O) groups excluding carboxylic acids is 1. The van der Waals surface area contributed by atoms with Crippen molar-refractivity contribution in [2.75, 3.05) is 0 Å². The molecule has 6 heteroatoms. The summed E-state index contributed by atoms with van der Waals surface area (Å²) in [5.74, 6) is -1.27. The van der Waals surface area contributed by atoms with E-state index in [9.17, 15) is 4.79 Å². The maximum Gasteiger partial charge on any atom is 0.225 e. The van der Waals surface area contributed by atoms with Gasteiger partial charge >= 0.3 is 0 Å². The van der Waals surface area contributed by atoms with Crippen LogP contribution in [0.5, 0.6) is 0 Å². The fraction of sp³-hybridized carbons (Fsp3) is 0.286. The maximum absolute atomic E-state index is 11.8. The van der Waals surface area contributed by atoms with E-state index in [1.807, 2.05) is 110 Å². The van der Waals surface area contributed by atoms with Gasteiger partial charge in [0.1, 0.15) is 24.6 Å². The predicted molar refractivity (Wildman–Crippen MR) is 154 cm³/mol. The summed E-state index contributed by atoms with van der Waals surface area (Å²) in [5, 5.41) is 0. The topological polar surface area (TPSA) is 63.2 Å². The second-order valence-electron chi connectivity index (χ2n) is 10.6. The van der Waals surface area contributed by atoms with E-state index < -0.39 is 30.2 Å². The van der Waals surface area contributed by atoms with Crippen LogP contribution in [-0.4, -0.2) is 30.7 Å². The minimum atomic E-state index is -1.27. The van der Waals surface area contributed by atoms with Crippen molar-refractivity contribution in [2.45, 2.75) is 63.6 Å². The number of rotatable bonds is 10. The van der Waals surface area contributed by atoms with Crippen LogP contribution in [0.4, 0.5) is 0 Å². The highest BCUT2D eigenvalue weighted by Gasteiger charge is 2.60. The average molecular weight is 551 g/mol. The lowest BCUT2D eigenvalue weighted by molar-refractivity contribution is -0.381. The first-order valence-corrected chi connectivity index (χ1v) is 14.0. The molecular weight excluding hydrogens is 516 g/mol. The van der Waals surface area contributed by atoms with Gasteiger partial charge in [-0.3, -0.25) is 4.79 Å². The molecule has 0 N–H and O–H groups in total. The van der Waals surface area contributed by atoms with Crippen molar-refractivity contribution in [3.8, 4) is 0 Å². The highest BCUT2D eigenvalue weighted by atomic mass is 16.7. The molecule has 6 nitrogen and oxygen atoms in total. The molecule has 0 aliphatic carbocycles. The highest BCUT2D eigenvalue weighted by Crippen LogP contribution is 2.49. The van der Waals surface area contributed by atoms with Gasteiger partial charge in [-0.25, -0.2) is 0 Å². The summed E-state index contributed by atoms with van der Waals surface area (Å²) in [5.41, 5.74) is 5.42. The van der Waals surface area contributed by atoms with E-state index in [0.717, 1.165) is 34.1 Å². The first-order valence-electron chi connectivity index (χ1n) is 14.0. The number of aldehydes is 1. The van der Waals surface area contributed by atoms with Crippen LogP contribution in [0.25, 0.3) is 0 Å². The molecule has 0 amide bonds. The Hall–Kier alpha value is -3.65. The molecular formula is C35H34O6. The van der Waals surface area contributed by atoms with Crippen molar-refractivity contribution in [1.29, 1.82) is 0 Å². The van der Waals surface area contributed by atoms with Gasteiger partial charge in [0.25, 0.3) is 0 Å². The number of hydrogen-bond donors (Lipinski definition) is 0. The van der Waals surface area contributed by atoms with Crippen molar-refractivity contribution in [3.05, 3.63) is 143 Å². The molecule has 0 saturated carbocycles. The van der Waals surface area contributed by atoms with Crippen molar-refractivity contribution < 1.29 is 28.5 Å². The Morgan fingerprint density at radius 1 is 0.732 bits per heavy atom. The van der Waals surface area contributed by atoms with E-state index >= 15 is 0 Å². The van der Waals surface area contributed by atoms with E-state index in [1.165, 1.54) is 0 Å². The maximum atomic E-state index is 11.8. The third kappa shape index (κ3) is 5.89. The van der Waals surface area contributed by atoms with Crippen LogP contribution in [0.1, 0.15) is 45.1 Å². The van der Waals surface area contributed by atoms with E-state index in [4.69, 9.17) is 23.7 Å². The van der Waals surface area contributed by atoms with Crippen LogP contribution in [0.15, 0.2) is 109 Å². The van der Waals surface area contributed by atoms with Crippen LogP contribution in [0.2, 0.25) is 0 Å². The largest absolute Gasteiger partial charge is 0.368 e. The molecule has 5 atom stereocenters. The molecule has 210 valence electrons. The lowest BCUT2D eigenvalue weighted by atomic mass is 9.86. The van der Waals surface area contributed by atoms with Gasteiger partial charge in [0, 0.05) is 11.1 Å². The summed E-state index contributed by atoms with van der Waals surface area (Å²) in [6.07, 6.45) is -1.24. The predicted octanol–water partition coefficient (Wildman–Crippen LogP) is 6.36. The molecule has 2 heterocycles. The fourth-order valence-electron chi connectivity index (χ4n) is 5.69. The third-order valence-electron chi connectivity index (χ3n) is 7.75. The number of fused-ring (bicyclic) bond motifs is 2. The Morgan fingerprint density at radius 2 is 1.27 bits per heavy atom. The molecule has 1 fully saturated rings. The van der Waals surface area contributed by atoms with Crippen LogP contribution >= 0.6 is 0 Å². The van der Waals surface area contributed by atoms with E-state index in [0.29, 0.717) is 32.0 Å². The van der Waals surface area contributed by atoms with Crippen molar-refractivity contribution in [1.82, 2.24) is 0 Å². The summed E-state index contributed by atoms with van der Waals surface area (Å²) in [7, 11) is 0. The Morgan fingerprint density at radius 3 is 1.83 bits per heavy atom. The fourth-order valence-corrected chi connectivity index (χ4v) is 5.69. The second kappa shape index (κ2) is 12.5. The van der Waals surface area contributed by atoms with Crippen LogP contribution in [0, 0.1) is 0 Å². The molecule has 6 rings (SSSR count). The molecule has 4 aromatic carbocycles. The van der Waals surface area contributed by atoms with Gasteiger partial charge in [0.15, 0.2) is 0 Å². The molecule has 5 unspecified atom stereocenters. The van der Waals surface area contributed by atoms with Gasteiger partial charge in [-0.2, -0.15) is 0 Å². The van der Waals surface area contributed by atoms with E-state index in [1.54, 1.807) is 6.07 Å². The molecule has 41 heavy (non-hydrogen) atoms. The molecule has 1 saturated heterocycles. The Kier molecular flexibility index (Phi) is 8.37. The van der Waals surface area contributed by atoms with Crippen molar-refractivity contribution in [3.63, 3.8) is 0 Å². The highest BCUT2D eigenvalue weighted by molar-refractivity contribution is 5.75. The van der Waals surface area contributed by atoms with E-state index in [2.05, 4.69) is 0 Å². The molecule has 1 spiro atoms. The minimum absolute atomic E-state index is 0.327. The summed E-state index contributed by atoms with van der Waals surface area (Å²) in [6, 6.07) is 35.7. The van der Waals surface area contributed by atoms with E-state index in [-0.39, 0.29) is 0 Å². The minimum Gasteiger partial charge on any atom is -0.368 e. The van der Waals surface area contributed by atoms with Gasteiger partial charge in [-0.15, -0.1) is 0 Å². The lowest BCUT2D eigenvalue weighted by Gasteiger charge is -2.50. The molecule has 0 bridgehead atoms. The molecule has 0 aromatic heterocycles. The first kappa shape index (κ1) is 27.5. The molecule has 4 aromatic rings. The molecule has 2 aliphatic rings. The number of hydrogen-bond acceptors (Lipinski definition) is 6. The smallest absolute Gasteiger partial charge is 0.225 e. The van der Waals surface area contributed by atoms with Crippen molar-refractivity contribution >= 4 is 6.29 Å². The second-order valence-corrected chi connectivity index (χ2v) is 10.6. The van der Waals surface area contributed by atoms with Gasteiger partial charge in [-0.05, 0) is 35.2 Å². The van der Waals surface area contributed by atoms with Crippen LogP contribution in [-0.2, 0) is 55.9 Å². The Labute approximate surface area is 240 Å². The summed E-state index contributed by atoms with van der Waals surface area (Å²) in [6.45, 7) is 3.41. The summed E-state index contributed by atoms with van der Waals surface area (Å²) < 4.78 is 33.3. The Balaban J connectivity index is 1.38. The summed E-state index contributed by atoms with van der Waals surface area (Å²) >= 11 is 0. The van der Waals surface area contributed by atoms with Gasteiger partial charge in [0.2, 0.25) is 5.79 Å². The van der Waals surface area contributed by atoms with Gasteiger partial charge in [0.05, 0.1) is 32.5 Å². The number of ether oxygens (including phenoxy) is 5. The first-order chi connectivity index (χ1) is 20.2. The average Bonchev–Trinajstić information content (AvgIpc) is 3.38. The zero-order valence-electron chi connectivity index (χ0n) is 23.1. The standard InChI is InChI=1S/C35H34O6/c1-25-32(37-21-26-11-5-2-6-12-26)33(38-22-27-13-7-3-8-14-27)34(39-23-28-15-9-4-10-16-28)35(41-25)31-19-29(20-36)17-18-30(31)24-40-35/h2-20,25,32-34H,21-24H2,1H3. The number of carbonyl (C=O) groups is 1. The van der Waals surface area contributed by atoms with Crippen molar-refractivity contribution in [2.24, 2.45) is 0 Å². The zero-order chi connectivity index (χ0) is 28.1.